The Morgan fingerprint density at radius 2 is 2.06 bits per heavy atom. The van der Waals surface area contributed by atoms with Gasteiger partial charge in [-0.25, -0.2) is 0 Å². The second-order valence-electron chi connectivity index (χ2n) is 3.91. The number of anilines is 2. The normalized spacial score (nSPS) is 10.8. The highest BCUT2D eigenvalue weighted by Gasteiger charge is 2.06. The second-order valence-corrected chi connectivity index (χ2v) is 4.16. The molecule has 1 heterocycles. The molecule has 92 valence electrons. The number of hydrogen-bond acceptors (Lipinski definition) is 3. The molecule has 0 aliphatic heterocycles. The van der Waals surface area contributed by atoms with Crippen LogP contribution in [0.5, 0.6) is 0 Å². The van der Waals surface area contributed by atoms with Crippen LogP contribution in [0.2, 0.25) is 0 Å². The highest BCUT2D eigenvalue weighted by Crippen LogP contribution is 2.21. The van der Waals surface area contributed by atoms with Crippen molar-refractivity contribution in [2.24, 2.45) is 0 Å². The molecule has 0 bridgehead atoms. The molecule has 0 aliphatic rings. The highest BCUT2D eigenvalue weighted by molar-refractivity contribution is 6.25. The molecule has 0 radical (unpaired) electrons. The van der Waals surface area contributed by atoms with Gasteiger partial charge in [0.15, 0.2) is 5.82 Å². The molecule has 3 nitrogen and oxygen atoms in total. The lowest BCUT2D eigenvalue weighted by Gasteiger charge is -2.10. The van der Waals surface area contributed by atoms with E-state index in [9.17, 15) is 0 Å². The summed E-state index contributed by atoms with van der Waals surface area (Å²) < 4.78 is 0. The fourth-order valence-corrected chi connectivity index (χ4v) is 1.77. The van der Waals surface area contributed by atoms with E-state index in [2.05, 4.69) is 15.5 Å². The third-order valence-electron chi connectivity index (χ3n) is 2.62. The Bertz CT molecular complexity index is 538. The summed E-state index contributed by atoms with van der Waals surface area (Å²) in [5.74, 6) is 0.774. The van der Waals surface area contributed by atoms with E-state index in [-0.39, 0.29) is 0 Å². The minimum atomic E-state index is 0.736. The van der Waals surface area contributed by atoms with Crippen LogP contribution in [0.1, 0.15) is 11.1 Å². The maximum absolute atomic E-state index is 5.58. The Balaban J connectivity index is 2.29. The molecule has 4 heteroatoms. The molecular formula is C14H14ClN3. The van der Waals surface area contributed by atoms with Gasteiger partial charge in [-0.3, -0.25) is 0 Å². The number of para-hydroxylation sites is 1. The van der Waals surface area contributed by atoms with Crippen LogP contribution in [-0.4, -0.2) is 10.2 Å². The van der Waals surface area contributed by atoms with Gasteiger partial charge < -0.3 is 5.32 Å². The Hall–Kier alpha value is -1.87. The number of hydrogen-bond donors (Lipinski definition) is 1. The smallest absolute Gasteiger partial charge is 0.156 e. The van der Waals surface area contributed by atoms with Crippen LogP contribution in [0.4, 0.5) is 11.5 Å². The van der Waals surface area contributed by atoms with Gasteiger partial charge in [-0.05, 0) is 31.0 Å². The summed E-state index contributed by atoms with van der Waals surface area (Å²) >= 11 is 5.58. The van der Waals surface area contributed by atoms with Crippen molar-refractivity contribution in [2.75, 3.05) is 5.32 Å². The number of aryl methyl sites for hydroxylation is 1. The van der Waals surface area contributed by atoms with Crippen LogP contribution >= 0.6 is 11.6 Å². The van der Waals surface area contributed by atoms with Gasteiger partial charge in [-0.2, -0.15) is 5.10 Å². The molecule has 0 spiro atoms. The minimum Gasteiger partial charge on any atom is -0.338 e. The van der Waals surface area contributed by atoms with E-state index < -0.39 is 0 Å². The lowest BCUT2D eigenvalue weighted by atomic mass is 10.1. The van der Waals surface area contributed by atoms with E-state index >= 15 is 0 Å². The molecule has 0 unspecified atom stereocenters. The fraction of sp³-hybridized carbons (Fsp3) is 0.143. The van der Waals surface area contributed by atoms with Crippen molar-refractivity contribution < 1.29 is 0 Å². The summed E-state index contributed by atoms with van der Waals surface area (Å²) in [6.45, 7) is 2.02. The first-order valence-electron chi connectivity index (χ1n) is 5.69. The number of halogens is 1. The van der Waals surface area contributed by atoms with Crippen molar-refractivity contribution in [3.05, 3.63) is 59.3 Å². The zero-order chi connectivity index (χ0) is 12.8. The van der Waals surface area contributed by atoms with Gasteiger partial charge in [0.05, 0.1) is 6.20 Å². The molecule has 0 saturated heterocycles. The molecule has 0 atom stereocenters. The van der Waals surface area contributed by atoms with Crippen LogP contribution in [0.15, 0.2) is 48.1 Å². The standard InChI is InChI=1S/C14H14ClN3/c1-11-10-16-18-14(13(11)8-5-9-15)17-12-6-3-2-4-7-12/h2-7,9-10H,8H2,1H3,(H,17,18). The topological polar surface area (TPSA) is 37.8 Å². The maximum atomic E-state index is 5.58. The predicted molar refractivity (Wildman–Crippen MR) is 75.2 cm³/mol. The molecule has 0 saturated carbocycles. The molecule has 0 fully saturated rings. The Morgan fingerprint density at radius 3 is 2.78 bits per heavy atom. The molecule has 18 heavy (non-hydrogen) atoms. The number of aromatic nitrogens is 2. The maximum Gasteiger partial charge on any atom is 0.156 e. The third kappa shape index (κ3) is 3.08. The number of allylic oxidation sites excluding steroid dienone is 1. The average molecular weight is 260 g/mol. The van der Waals surface area contributed by atoms with E-state index in [0.29, 0.717) is 0 Å². The zero-order valence-electron chi connectivity index (χ0n) is 10.1. The monoisotopic (exact) mass is 259 g/mol. The van der Waals surface area contributed by atoms with Crippen LogP contribution in [0.3, 0.4) is 0 Å². The first-order chi connectivity index (χ1) is 8.81. The van der Waals surface area contributed by atoms with Crippen molar-refractivity contribution >= 4 is 23.1 Å². The molecule has 2 aromatic rings. The number of rotatable bonds is 4. The summed E-state index contributed by atoms with van der Waals surface area (Å²) in [6, 6.07) is 9.91. The number of benzene rings is 1. The summed E-state index contributed by atoms with van der Waals surface area (Å²) in [7, 11) is 0. The van der Waals surface area contributed by atoms with Crippen molar-refractivity contribution in [1.82, 2.24) is 10.2 Å². The molecule has 1 aromatic heterocycles. The summed E-state index contributed by atoms with van der Waals surface area (Å²) in [5, 5.41) is 11.4. The van der Waals surface area contributed by atoms with Gasteiger partial charge in [0.1, 0.15) is 0 Å². The Morgan fingerprint density at radius 1 is 1.28 bits per heavy atom. The Labute approximate surface area is 112 Å². The fourth-order valence-electron chi connectivity index (χ4n) is 1.68. The number of nitrogens with one attached hydrogen (secondary N) is 1. The lowest BCUT2D eigenvalue weighted by Crippen LogP contribution is -2.02. The first kappa shape index (κ1) is 12.6. The van der Waals surface area contributed by atoms with Crippen molar-refractivity contribution in [1.29, 1.82) is 0 Å². The SMILES string of the molecule is Cc1cnnc(Nc2ccccc2)c1CC=CCl. The minimum absolute atomic E-state index is 0.736. The Kier molecular flexibility index (Phi) is 4.31. The average Bonchev–Trinajstić information content (AvgIpc) is 2.39. The van der Waals surface area contributed by atoms with Crippen LogP contribution in [-0.2, 0) is 6.42 Å². The molecule has 0 amide bonds. The third-order valence-corrected chi connectivity index (χ3v) is 2.80. The lowest BCUT2D eigenvalue weighted by molar-refractivity contribution is 0.986. The quantitative estimate of drug-likeness (QED) is 0.907. The summed E-state index contributed by atoms with van der Waals surface area (Å²) in [6.07, 6.45) is 4.38. The van der Waals surface area contributed by atoms with E-state index in [1.807, 2.05) is 43.3 Å². The molecule has 2 rings (SSSR count). The van der Waals surface area contributed by atoms with Gasteiger partial charge in [0.2, 0.25) is 0 Å². The summed E-state index contributed by atoms with van der Waals surface area (Å²) in [4.78, 5) is 0. The van der Waals surface area contributed by atoms with Crippen LogP contribution in [0, 0.1) is 6.92 Å². The predicted octanol–water partition coefficient (Wildman–Crippen LogP) is 3.82. The molecule has 0 aliphatic carbocycles. The zero-order valence-corrected chi connectivity index (χ0v) is 10.9. The van der Waals surface area contributed by atoms with E-state index in [4.69, 9.17) is 11.6 Å². The molecule has 1 N–H and O–H groups in total. The van der Waals surface area contributed by atoms with Gasteiger partial charge in [-0.15, -0.1) is 5.10 Å². The summed E-state index contributed by atoms with van der Waals surface area (Å²) in [5.41, 5.74) is 4.71. The van der Waals surface area contributed by atoms with Crippen molar-refractivity contribution in [2.45, 2.75) is 13.3 Å². The first-order valence-corrected chi connectivity index (χ1v) is 6.13. The highest BCUT2D eigenvalue weighted by atomic mass is 35.5. The largest absolute Gasteiger partial charge is 0.338 e. The van der Waals surface area contributed by atoms with Gasteiger partial charge in [-0.1, -0.05) is 35.9 Å². The number of nitrogens with zero attached hydrogens (tertiary/aromatic N) is 2. The van der Waals surface area contributed by atoms with Crippen molar-refractivity contribution in [3.8, 4) is 0 Å². The van der Waals surface area contributed by atoms with Crippen LogP contribution in [0.25, 0.3) is 0 Å². The van der Waals surface area contributed by atoms with E-state index in [1.54, 1.807) is 6.20 Å². The van der Waals surface area contributed by atoms with E-state index in [1.165, 1.54) is 5.54 Å². The molecule has 1 aromatic carbocycles. The van der Waals surface area contributed by atoms with Crippen molar-refractivity contribution in [3.63, 3.8) is 0 Å². The van der Waals surface area contributed by atoms with Gasteiger partial charge >= 0.3 is 0 Å². The van der Waals surface area contributed by atoms with E-state index in [0.717, 1.165) is 29.1 Å². The second kappa shape index (κ2) is 6.17. The van der Waals surface area contributed by atoms with Gasteiger partial charge in [0, 0.05) is 16.8 Å². The van der Waals surface area contributed by atoms with Crippen LogP contribution < -0.4 is 5.32 Å². The molecular weight excluding hydrogens is 246 g/mol. The van der Waals surface area contributed by atoms with Gasteiger partial charge in [0.25, 0.3) is 0 Å².